The molecule has 0 aliphatic heterocycles. The van der Waals surface area contributed by atoms with Gasteiger partial charge in [-0.15, -0.1) is 0 Å². The number of benzene rings is 1. The molecule has 0 unspecified atom stereocenters. The van der Waals surface area contributed by atoms with Crippen molar-refractivity contribution < 1.29 is 22.5 Å². The highest BCUT2D eigenvalue weighted by atomic mass is 32.2. The van der Waals surface area contributed by atoms with Gasteiger partial charge in [-0.05, 0) is 26.8 Å². The number of nitrogens with zero attached hydrogens (tertiary/aromatic N) is 1. The van der Waals surface area contributed by atoms with Gasteiger partial charge in [0.05, 0.1) is 4.92 Å². The predicted molar refractivity (Wildman–Crippen MR) is 71.6 cm³/mol. The zero-order chi connectivity index (χ0) is 16.6. The Balaban J connectivity index is 3.52. The first-order valence-electron chi connectivity index (χ1n) is 5.66. The van der Waals surface area contributed by atoms with Crippen molar-refractivity contribution >= 4 is 21.6 Å². The number of nitrogens with two attached hydrogens (primary N) is 1. The molecule has 3 N–H and O–H groups in total. The van der Waals surface area contributed by atoms with Gasteiger partial charge in [0.25, 0.3) is 5.91 Å². The van der Waals surface area contributed by atoms with Crippen molar-refractivity contribution in [3.8, 4) is 0 Å². The van der Waals surface area contributed by atoms with Crippen LogP contribution in [-0.4, -0.2) is 24.8 Å². The average molecular weight is 319 g/mol. The Hall–Kier alpha value is -2.07. The van der Waals surface area contributed by atoms with Gasteiger partial charge in [-0.25, -0.2) is 13.6 Å². The normalized spacial score (nSPS) is 12.0. The number of primary sulfonamides is 1. The maximum Gasteiger partial charge on any atom is 0.307 e. The van der Waals surface area contributed by atoms with E-state index >= 15 is 0 Å². The Labute approximate surface area is 120 Å². The topological polar surface area (TPSA) is 132 Å². The summed E-state index contributed by atoms with van der Waals surface area (Å²) in [6.45, 7) is 4.97. The highest BCUT2D eigenvalue weighted by Gasteiger charge is 2.28. The van der Waals surface area contributed by atoms with Crippen molar-refractivity contribution in [2.24, 2.45) is 5.14 Å². The monoisotopic (exact) mass is 319 g/mol. The van der Waals surface area contributed by atoms with Gasteiger partial charge in [-0.2, -0.15) is 4.39 Å². The fraction of sp³-hybridized carbons (Fsp3) is 0.364. The molecule has 1 aromatic carbocycles. The van der Waals surface area contributed by atoms with Crippen LogP contribution < -0.4 is 10.5 Å². The summed E-state index contributed by atoms with van der Waals surface area (Å²) < 4.78 is 36.3. The molecule has 1 amide bonds. The minimum atomic E-state index is -4.55. The van der Waals surface area contributed by atoms with Crippen molar-refractivity contribution in [3.63, 3.8) is 0 Å². The molecular weight excluding hydrogens is 305 g/mol. The van der Waals surface area contributed by atoms with Crippen LogP contribution in [-0.2, 0) is 10.0 Å². The van der Waals surface area contributed by atoms with Gasteiger partial charge in [-0.1, -0.05) is 0 Å². The first-order valence-corrected chi connectivity index (χ1v) is 7.21. The quantitative estimate of drug-likeness (QED) is 0.631. The van der Waals surface area contributed by atoms with Crippen molar-refractivity contribution in [3.05, 3.63) is 33.6 Å². The van der Waals surface area contributed by atoms with Gasteiger partial charge >= 0.3 is 5.69 Å². The lowest BCUT2D eigenvalue weighted by atomic mass is 10.1. The number of sulfonamides is 1. The van der Waals surface area contributed by atoms with E-state index in [0.29, 0.717) is 12.1 Å². The first-order chi connectivity index (χ1) is 9.33. The summed E-state index contributed by atoms with van der Waals surface area (Å²) >= 11 is 0. The molecule has 0 fully saturated rings. The second-order valence-corrected chi connectivity index (χ2v) is 6.84. The molecule has 0 atom stereocenters. The Kier molecular flexibility index (Phi) is 4.34. The summed E-state index contributed by atoms with van der Waals surface area (Å²) in [5, 5.41) is 18.0. The third-order valence-electron chi connectivity index (χ3n) is 2.27. The van der Waals surface area contributed by atoms with Crippen LogP contribution in [0.15, 0.2) is 17.0 Å². The molecule has 0 aliphatic carbocycles. The zero-order valence-electron chi connectivity index (χ0n) is 11.5. The average Bonchev–Trinajstić information content (AvgIpc) is 2.24. The maximum absolute atomic E-state index is 13.8. The molecule has 21 heavy (non-hydrogen) atoms. The Bertz CT molecular complexity index is 709. The van der Waals surface area contributed by atoms with Gasteiger partial charge < -0.3 is 5.32 Å². The Morgan fingerprint density at radius 2 is 1.90 bits per heavy atom. The molecule has 116 valence electrons. The van der Waals surface area contributed by atoms with Crippen molar-refractivity contribution in [2.45, 2.75) is 31.2 Å². The fourth-order valence-corrected chi connectivity index (χ4v) is 2.11. The summed E-state index contributed by atoms with van der Waals surface area (Å²) in [5.41, 5.74) is -2.18. The van der Waals surface area contributed by atoms with E-state index in [1.54, 1.807) is 20.8 Å². The highest BCUT2D eigenvalue weighted by Crippen LogP contribution is 2.26. The predicted octanol–water partition coefficient (Wildman–Crippen LogP) is 0.910. The van der Waals surface area contributed by atoms with Gasteiger partial charge in [0, 0.05) is 17.2 Å². The number of hydrogen-bond acceptors (Lipinski definition) is 5. The van der Waals surface area contributed by atoms with E-state index in [-0.39, 0.29) is 5.56 Å². The summed E-state index contributed by atoms with van der Waals surface area (Å²) in [6.07, 6.45) is 0. The number of carbonyl (C=O) groups is 1. The molecule has 0 aromatic heterocycles. The lowest BCUT2D eigenvalue weighted by Gasteiger charge is -2.20. The van der Waals surface area contributed by atoms with E-state index < -0.39 is 42.8 Å². The van der Waals surface area contributed by atoms with E-state index in [1.807, 2.05) is 0 Å². The minimum Gasteiger partial charge on any atom is -0.347 e. The Morgan fingerprint density at radius 1 is 1.38 bits per heavy atom. The van der Waals surface area contributed by atoms with Crippen LogP contribution in [0, 0.1) is 15.9 Å². The van der Waals surface area contributed by atoms with Crippen LogP contribution in [0.5, 0.6) is 0 Å². The van der Waals surface area contributed by atoms with E-state index in [9.17, 15) is 27.7 Å². The van der Waals surface area contributed by atoms with Crippen molar-refractivity contribution in [1.29, 1.82) is 0 Å². The van der Waals surface area contributed by atoms with Gasteiger partial charge in [-0.3, -0.25) is 14.9 Å². The second-order valence-electron chi connectivity index (χ2n) is 5.31. The van der Waals surface area contributed by atoms with Crippen LogP contribution in [0.4, 0.5) is 10.1 Å². The summed E-state index contributed by atoms with van der Waals surface area (Å²) in [4.78, 5) is 20.5. The number of nitro groups is 1. The molecule has 1 rings (SSSR count). The van der Waals surface area contributed by atoms with Crippen LogP contribution in [0.1, 0.15) is 31.1 Å². The number of nitro benzene ring substituents is 1. The van der Waals surface area contributed by atoms with Crippen LogP contribution in [0.25, 0.3) is 0 Å². The zero-order valence-corrected chi connectivity index (χ0v) is 12.3. The molecular formula is C11H14FN3O5S. The Morgan fingerprint density at radius 3 is 2.29 bits per heavy atom. The second kappa shape index (κ2) is 5.37. The number of amides is 1. The number of halogens is 1. The van der Waals surface area contributed by atoms with Crippen LogP contribution in [0.2, 0.25) is 0 Å². The largest absolute Gasteiger partial charge is 0.347 e. The molecule has 0 saturated carbocycles. The summed E-state index contributed by atoms with van der Waals surface area (Å²) in [5.74, 6) is -2.38. The molecule has 0 spiro atoms. The molecule has 0 aliphatic rings. The first kappa shape index (κ1) is 17.0. The third kappa shape index (κ3) is 4.20. The van der Waals surface area contributed by atoms with E-state index in [2.05, 4.69) is 5.32 Å². The standard InChI is InChI=1S/C11H14FN3O5S/c1-11(2,3)14-10(16)6-4-7(15(17)18)9(12)8(5-6)21(13,19)20/h4-5H,1-3H3,(H,14,16)(H2,13,19,20). The van der Waals surface area contributed by atoms with Gasteiger partial charge in [0.2, 0.25) is 15.8 Å². The fourth-order valence-electron chi connectivity index (χ4n) is 1.47. The number of carbonyl (C=O) groups excluding carboxylic acids is 1. The summed E-state index contributed by atoms with van der Waals surface area (Å²) in [7, 11) is -4.55. The number of nitrogens with one attached hydrogen (secondary N) is 1. The molecule has 0 saturated heterocycles. The SMILES string of the molecule is CC(C)(C)NC(=O)c1cc([N+](=O)[O-])c(F)c(S(N)(=O)=O)c1. The third-order valence-corrected chi connectivity index (χ3v) is 3.18. The van der Waals surface area contributed by atoms with Gasteiger partial charge in [0.1, 0.15) is 4.90 Å². The molecule has 1 aromatic rings. The lowest BCUT2D eigenvalue weighted by molar-refractivity contribution is -0.387. The molecule has 0 heterocycles. The maximum atomic E-state index is 13.8. The smallest absolute Gasteiger partial charge is 0.307 e. The van der Waals surface area contributed by atoms with Crippen LogP contribution in [0.3, 0.4) is 0 Å². The van der Waals surface area contributed by atoms with Crippen molar-refractivity contribution in [2.75, 3.05) is 0 Å². The van der Waals surface area contributed by atoms with E-state index in [1.165, 1.54) is 0 Å². The van der Waals surface area contributed by atoms with E-state index in [4.69, 9.17) is 5.14 Å². The molecule has 0 bridgehead atoms. The van der Waals surface area contributed by atoms with Crippen LogP contribution >= 0.6 is 0 Å². The lowest BCUT2D eigenvalue weighted by Crippen LogP contribution is -2.40. The van der Waals surface area contributed by atoms with E-state index in [0.717, 1.165) is 0 Å². The highest BCUT2D eigenvalue weighted by molar-refractivity contribution is 7.89. The summed E-state index contributed by atoms with van der Waals surface area (Å²) in [6, 6.07) is 1.32. The molecule has 10 heteroatoms. The number of hydrogen-bond donors (Lipinski definition) is 2. The van der Waals surface area contributed by atoms with Gasteiger partial charge in [0.15, 0.2) is 0 Å². The number of rotatable bonds is 3. The van der Waals surface area contributed by atoms with Crippen molar-refractivity contribution in [1.82, 2.24) is 5.32 Å². The molecule has 8 nitrogen and oxygen atoms in total. The molecule has 0 radical (unpaired) electrons. The minimum absolute atomic E-state index is 0.373.